The molecule has 0 aromatic heterocycles. The van der Waals surface area contributed by atoms with E-state index in [4.69, 9.17) is 25.4 Å². The highest BCUT2D eigenvalue weighted by Crippen LogP contribution is 2.50. The number of rotatable bonds is 7. The number of para-hydroxylation sites is 2. The highest BCUT2D eigenvalue weighted by atomic mass is 79.9. The second-order valence-corrected chi connectivity index (χ2v) is 8.93. The topological polar surface area (TPSA) is 27.7 Å². The van der Waals surface area contributed by atoms with Crippen molar-refractivity contribution < 1.29 is 13.6 Å². The molecule has 0 unspecified atom stereocenters. The molecule has 0 bridgehead atoms. The lowest BCUT2D eigenvalue weighted by molar-refractivity contribution is 0.253. The van der Waals surface area contributed by atoms with E-state index in [2.05, 4.69) is 15.9 Å². The van der Waals surface area contributed by atoms with Crippen LogP contribution < -0.4 is 9.05 Å². The van der Waals surface area contributed by atoms with Gasteiger partial charge in [-0.2, -0.15) is 0 Å². The van der Waals surface area contributed by atoms with Gasteiger partial charge in [0.05, 0.1) is 6.61 Å². The summed E-state index contributed by atoms with van der Waals surface area (Å²) < 4.78 is 18.8. The first-order chi connectivity index (χ1) is 12.1. The van der Waals surface area contributed by atoms with Crippen molar-refractivity contribution in [3.05, 3.63) is 95.0 Å². The Morgan fingerprint density at radius 1 is 0.720 bits per heavy atom. The Kier molecular flexibility index (Phi) is 6.27. The third kappa shape index (κ3) is 5.68. The van der Waals surface area contributed by atoms with E-state index >= 15 is 0 Å². The van der Waals surface area contributed by atoms with E-state index in [-0.39, 0.29) is 0 Å². The standard InChI is InChI=1S/C19H16BrO3PS/c20-17-13-11-16(12-14-17)15-21-24(25,22-18-7-3-1-4-8-18)23-19-9-5-2-6-10-19/h1-14H,15H2. The molecule has 0 amide bonds. The van der Waals surface area contributed by atoms with Gasteiger partial charge >= 0.3 is 6.72 Å². The summed E-state index contributed by atoms with van der Waals surface area (Å²) in [4.78, 5) is 0. The number of hydrogen-bond donors (Lipinski definition) is 0. The molecule has 3 nitrogen and oxygen atoms in total. The van der Waals surface area contributed by atoms with Crippen LogP contribution in [0.1, 0.15) is 5.56 Å². The van der Waals surface area contributed by atoms with Crippen molar-refractivity contribution in [2.75, 3.05) is 0 Å². The average Bonchev–Trinajstić information content (AvgIpc) is 2.63. The highest BCUT2D eigenvalue weighted by molar-refractivity contribution is 9.10. The van der Waals surface area contributed by atoms with Gasteiger partial charge < -0.3 is 9.05 Å². The minimum atomic E-state index is -3.02. The maximum absolute atomic E-state index is 5.93. The Morgan fingerprint density at radius 3 is 1.68 bits per heavy atom. The maximum Gasteiger partial charge on any atom is 0.435 e. The molecule has 0 spiro atoms. The predicted molar refractivity (Wildman–Crippen MR) is 107 cm³/mol. The summed E-state index contributed by atoms with van der Waals surface area (Å²) in [5.74, 6) is 1.25. The van der Waals surface area contributed by atoms with E-state index in [1.165, 1.54) is 0 Å². The van der Waals surface area contributed by atoms with Gasteiger partial charge in [0.15, 0.2) is 0 Å². The number of halogens is 1. The van der Waals surface area contributed by atoms with Crippen LogP contribution in [0.5, 0.6) is 11.5 Å². The van der Waals surface area contributed by atoms with Gasteiger partial charge in [-0.05, 0) is 42.0 Å². The van der Waals surface area contributed by atoms with E-state index in [0.29, 0.717) is 18.1 Å². The minimum Gasteiger partial charge on any atom is -0.416 e. The molecule has 0 saturated heterocycles. The summed E-state index contributed by atoms with van der Waals surface area (Å²) in [6.07, 6.45) is 0. The Balaban J connectivity index is 1.77. The van der Waals surface area contributed by atoms with Gasteiger partial charge in [0.1, 0.15) is 11.5 Å². The van der Waals surface area contributed by atoms with Crippen LogP contribution in [0.25, 0.3) is 0 Å². The lowest BCUT2D eigenvalue weighted by atomic mass is 10.2. The van der Waals surface area contributed by atoms with Gasteiger partial charge in [0.2, 0.25) is 0 Å². The molecular weight excluding hydrogens is 419 g/mol. The molecule has 25 heavy (non-hydrogen) atoms. The van der Waals surface area contributed by atoms with Crippen molar-refractivity contribution >= 4 is 34.5 Å². The Bertz CT molecular complexity index is 796. The molecule has 0 radical (unpaired) electrons. The van der Waals surface area contributed by atoms with Gasteiger partial charge in [-0.25, -0.2) is 0 Å². The van der Waals surface area contributed by atoms with Crippen molar-refractivity contribution in [3.8, 4) is 11.5 Å². The molecule has 6 heteroatoms. The molecule has 0 aliphatic heterocycles. The molecule has 128 valence electrons. The van der Waals surface area contributed by atoms with E-state index in [0.717, 1.165) is 10.0 Å². The summed E-state index contributed by atoms with van der Waals surface area (Å²) in [5, 5.41) is 0. The first-order valence-electron chi connectivity index (χ1n) is 7.61. The summed E-state index contributed by atoms with van der Waals surface area (Å²) in [6.45, 7) is -2.71. The van der Waals surface area contributed by atoms with Crippen LogP contribution in [-0.4, -0.2) is 0 Å². The summed E-state index contributed by atoms with van der Waals surface area (Å²) in [5.41, 5.74) is 0.991. The van der Waals surface area contributed by atoms with Crippen LogP contribution in [0.15, 0.2) is 89.4 Å². The fourth-order valence-electron chi connectivity index (χ4n) is 2.03. The zero-order valence-corrected chi connectivity index (χ0v) is 16.5. The maximum atomic E-state index is 5.93. The van der Waals surface area contributed by atoms with E-state index < -0.39 is 6.72 Å². The second kappa shape index (κ2) is 8.63. The van der Waals surface area contributed by atoms with E-state index in [9.17, 15) is 0 Å². The Labute approximate surface area is 160 Å². The van der Waals surface area contributed by atoms with Crippen molar-refractivity contribution in [1.82, 2.24) is 0 Å². The third-order valence-electron chi connectivity index (χ3n) is 3.22. The molecule has 0 saturated carbocycles. The zero-order chi connectivity index (χ0) is 17.5. The zero-order valence-electron chi connectivity index (χ0n) is 13.2. The summed E-state index contributed by atoms with van der Waals surface area (Å²) in [7, 11) is 0. The van der Waals surface area contributed by atoms with Crippen molar-refractivity contribution in [2.24, 2.45) is 0 Å². The van der Waals surface area contributed by atoms with Gasteiger partial charge in [-0.3, -0.25) is 4.52 Å². The second-order valence-electron chi connectivity index (χ2n) is 5.16. The predicted octanol–water partition coefficient (Wildman–Crippen LogP) is 6.35. The van der Waals surface area contributed by atoms with Crippen LogP contribution in [0, 0.1) is 0 Å². The van der Waals surface area contributed by atoms with Crippen molar-refractivity contribution in [2.45, 2.75) is 6.61 Å². The SMILES string of the molecule is S=P(OCc1ccc(Br)cc1)(Oc1ccccc1)Oc1ccccc1. The minimum absolute atomic E-state index is 0.310. The number of hydrogen-bond acceptors (Lipinski definition) is 4. The lowest BCUT2D eigenvalue weighted by Crippen LogP contribution is -2.05. The molecule has 0 atom stereocenters. The summed E-state index contributed by atoms with van der Waals surface area (Å²) in [6, 6.07) is 26.5. The fourth-order valence-corrected chi connectivity index (χ4v) is 4.18. The van der Waals surface area contributed by atoms with Crippen LogP contribution in [0.4, 0.5) is 0 Å². The molecule has 0 aliphatic rings. The first kappa shape index (κ1) is 18.2. The van der Waals surface area contributed by atoms with Crippen LogP contribution in [-0.2, 0) is 22.9 Å². The molecule has 0 heterocycles. The van der Waals surface area contributed by atoms with Gasteiger partial charge in [-0.15, -0.1) is 0 Å². The lowest BCUT2D eigenvalue weighted by Gasteiger charge is -2.23. The molecular formula is C19H16BrO3PS. The first-order valence-corrected chi connectivity index (χ1v) is 11.0. The Hall–Kier alpha value is -1.65. The highest BCUT2D eigenvalue weighted by Gasteiger charge is 2.24. The van der Waals surface area contributed by atoms with Crippen molar-refractivity contribution in [3.63, 3.8) is 0 Å². The molecule has 3 aromatic carbocycles. The summed E-state index contributed by atoms with van der Waals surface area (Å²) >= 11 is 9.05. The van der Waals surface area contributed by atoms with E-state index in [1.54, 1.807) is 0 Å². The molecule has 0 fully saturated rings. The smallest absolute Gasteiger partial charge is 0.416 e. The van der Waals surface area contributed by atoms with Gasteiger partial charge in [0, 0.05) is 16.3 Å². The number of benzene rings is 3. The van der Waals surface area contributed by atoms with E-state index in [1.807, 2.05) is 84.9 Å². The molecule has 0 aliphatic carbocycles. The van der Waals surface area contributed by atoms with Crippen LogP contribution >= 0.6 is 22.6 Å². The average molecular weight is 435 g/mol. The largest absolute Gasteiger partial charge is 0.435 e. The van der Waals surface area contributed by atoms with Gasteiger partial charge in [-0.1, -0.05) is 64.5 Å². The van der Waals surface area contributed by atoms with Crippen LogP contribution in [0.2, 0.25) is 0 Å². The molecule has 3 rings (SSSR count). The van der Waals surface area contributed by atoms with Gasteiger partial charge in [0.25, 0.3) is 0 Å². The fraction of sp³-hybridized carbons (Fsp3) is 0.0526. The monoisotopic (exact) mass is 434 g/mol. The third-order valence-corrected chi connectivity index (χ3v) is 5.83. The normalized spacial score (nSPS) is 11.1. The Morgan fingerprint density at radius 2 is 1.20 bits per heavy atom. The van der Waals surface area contributed by atoms with Crippen LogP contribution in [0.3, 0.4) is 0 Å². The molecule has 3 aromatic rings. The van der Waals surface area contributed by atoms with Crippen molar-refractivity contribution in [1.29, 1.82) is 0 Å². The quantitative estimate of drug-likeness (QED) is 0.405. The molecule has 0 N–H and O–H groups in total.